The zero-order chi connectivity index (χ0) is 44.7. The fourth-order valence-electron chi connectivity index (χ4n) is 8.40. The van der Waals surface area contributed by atoms with Crippen LogP contribution in [-0.4, -0.2) is 59.2 Å². The number of fused-ring (bicyclic) bond motifs is 2. The Hall–Kier alpha value is -6.15. The van der Waals surface area contributed by atoms with Crippen molar-refractivity contribution in [1.29, 1.82) is 0 Å². The average Bonchev–Trinajstić information content (AvgIpc) is 3.71. The number of hydrogen-bond acceptors (Lipinski definition) is 9. The molecular formula is C49H57N5O8S. The summed E-state index contributed by atoms with van der Waals surface area (Å²) in [5, 5.41) is 6.30. The van der Waals surface area contributed by atoms with Gasteiger partial charge in [0.2, 0.25) is 5.91 Å². The first-order valence-electron chi connectivity index (χ1n) is 21.9. The summed E-state index contributed by atoms with van der Waals surface area (Å²) < 4.78 is 43.0. The van der Waals surface area contributed by atoms with E-state index < -0.39 is 21.6 Å². The van der Waals surface area contributed by atoms with Crippen molar-refractivity contribution >= 4 is 44.2 Å². The van der Waals surface area contributed by atoms with E-state index in [1.165, 1.54) is 21.3 Å². The van der Waals surface area contributed by atoms with Crippen molar-refractivity contribution in [3.05, 3.63) is 124 Å². The molecule has 0 saturated carbocycles. The van der Waals surface area contributed by atoms with Crippen molar-refractivity contribution in [3.63, 3.8) is 0 Å². The predicted molar refractivity (Wildman–Crippen MR) is 244 cm³/mol. The Balaban J connectivity index is 0.873. The monoisotopic (exact) mass is 875 g/mol. The van der Waals surface area contributed by atoms with Crippen molar-refractivity contribution < 1.29 is 32.3 Å². The number of carbonyl (C=O) groups excluding carboxylic acids is 3. The normalized spacial score (nSPS) is 15.1. The number of aryl methyl sites for hydroxylation is 2. The van der Waals surface area contributed by atoms with Crippen LogP contribution in [0.4, 0.5) is 5.69 Å². The number of hydrogen-bond donors (Lipinski definition) is 2. The third kappa shape index (κ3) is 10.4. The molecule has 2 amide bonds. The number of amides is 2. The summed E-state index contributed by atoms with van der Waals surface area (Å²) in [6.07, 6.45) is 9.16. The molecule has 1 unspecified atom stereocenters. The summed E-state index contributed by atoms with van der Waals surface area (Å²) >= 11 is 0. The van der Waals surface area contributed by atoms with Gasteiger partial charge in [0, 0.05) is 79.4 Å². The fraction of sp³-hybridized carbons (Fsp3) is 0.388. The number of sulfone groups is 1. The molecule has 13 nitrogen and oxygen atoms in total. The van der Waals surface area contributed by atoms with Crippen LogP contribution in [0.1, 0.15) is 109 Å². The standard InChI is InChI=1S/C49H57N5O8S/c1-5-26-61-36-17-14-18-37(29-36)62-46-30-44-43(52(3)49(58)53(44)4)28-35(46)32-63(59,60)38-19-13-16-34(27-38)45(55)22-11-9-7-6-8-10-12-25-50-41-21-15-20-39-40(41)31-54(48(39)57)42-24-23-33(2)51-47(42)56/h13-21,27-30,42,50H,2,5-12,22-26,31-32H2,1,3-4H3,(H,51,56). The van der Waals surface area contributed by atoms with Crippen LogP contribution < -0.4 is 25.8 Å². The molecule has 4 aromatic carbocycles. The molecule has 63 heavy (non-hydrogen) atoms. The molecule has 7 rings (SSSR count). The van der Waals surface area contributed by atoms with E-state index >= 15 is 0 Å². The molecule has 5 aromatic rings. The van der Waals surface area contributed by atoms with Gasteiger partial charge in [-0.1, -0.05) is 69.9 Å². The molecule has 3 heterocycles. The third-order valence-corrected chi connectivity index (χ3v) is 13.6. The van der Waals surface area contributed by atoms with Gasteiger partial charge in [0.1, 0.15) is 23.3 Å². The number of nitrogens with zero attached hydrogens (tertiary/aromatic N) is 3. The summed E-state index contributed by atoms with van der Waals surface area (Å²) in [5.41, 5.74) is 4.87. The van der Waals surface area contributed by atoms with Crippen LogP contribution in [0.15, 0.2) is 101 Å². The minimum absolute atomic E-state index is 0.0401. The molecule has 1 saturated heterocycles. The number of aromatic nitrogens is 2. The Morgan fingerprint density at radius 1 is 0.857 bits per heavy atom. The lowest BCUT2D eigenvalue weighted by Crippen LogP contribution is -2.49. The molecular weight excluding hydrogens is 819 g/mol. The fourth-order valence-corrected chi connectivity index (χ4v) is 9.79. The van der Waals surface area contributed by atoms with Gasteiger partial charge in [-0.15, -0.1) is 0 Å². The van der Waals surface area contributed by atoms with Crippen LogP contribution in [0.2, 0.25) is 0 Å². The maximum Gasteiger partial charge on any atom is 0.328 e. The van der Waals surface area contributed by atoms with Crippen LogP contribution in [0, 0.1) is 0 Å². The van der Waals surface area contributed by atoms with Crippen molar-refractivity contribution in [2.75, 3.05) is 18.5 Å². The Kier molecular flexibility index (Phi) is 14.2. The number of nitrogens with one attached hydrogen (secondary N) is 2. The quantitative estimate of drug-likeness (QED) is 0.0544. The van der Waals surface area contributed by atoms with E-state index in [-0.39, 0.29) is 28.2 Å². The number of imidazole rings is 1. The summed E-state index contributed by atoms with van der Waals surface area (Å²) in [6, 6.07) is 21.9. The van der Waals surface area contributed by atoms with Crippen LogP contribution >= 0.6 is 0 Å². The number of unbranched alkanes of at least 4 members (excludes halogenated alkanes) is 6. The maximum atomic E-state index is 14.0. The molecule has 1 fully saturated rings. The summed E-state index contributed by atoms with van der Waals surface area (Å²) in [4.78, 5) is 53.6. The van der Waals surface area contributed by atoms with E-state index in [1.807, 2.05) is 31.2 Å². The molecule has 0 radical (unpaired) electrons. The second kappa shape index (κ2) is 19.9. The van der Waals surface area contributed by atoms with Gasteiger partial charge in [-0.25, -0.2) is 13.2 Å². The van der Waals surface area contributed by atoms with Crippen LogP contribution in [0.3, 0.4) is 0 Å². The number of Topliss-reactive ketones (excluding diaryl/α,β-unsaturated/α-hetero) is 1. The van der Waals surface area contributed by atoms with Gasteiger partial charge in [-0.05, 0) is 74.6 Å². The van der Waals surface area contributed by atoms with E-state index in [4.69, 9.17) is 9.47 Å². The highest BCUT2D eigenvalue weighted by atomic mass is 32.2. The Morgan fingerprint density at radius 2 is 1.56 bits per heavy atom. The number of ether oxygens (including phenoxy) is 2. The highest BCUT2D eigenvalue weighted by Crippen LogP contribution is 2.35. The lowest BCUT2D eigenvalue weighted by molar-refractivity contribution is -0.126. The van der Waals surface area contributed by atoms with E-state index in [0.29, 0.717) is 89.5 Å². The minimum atomic E-state index is -3.95. The van der Waals surface area contributed by atoms with Crippen molar-refractivity contribution in [1.82, 2.24) is 19.4 Å². The summed E-state index contributed by atoms with van der Waals surface area (Å²) in [5.74, 6) is 0.600. The smallest absolute Gasteiger partial charge is 0.328 e. The molecule has 1 atom stereocenters. The first kappa shape index (κ1) is 44.9. The Morgan fingerprint density at radius 3 is 2.32 bits per heavy atom. The third-order valence-electron chi connectivity index (χ3n) is 11.9. The number of ketones is 1. The second-order valence-electron chi connectivity index (χ2n) is 16.5. The molecule has 2 N–H and O–H groups in total. The van der Waals surface area contributed by atoms with E-state index in [0.717, 1.165) is 62.7 Å². The molecule has 1 aromatic heterocycles. The SMILES string of the molecule is C=C1CCC(N2Cc3c(NCCCCCCCCCC(=O)c4cccc(S(=O)(=O)Cc5cc6c(cc5Oc5cccc(OCCC)c5)n(C)c(=O)n6C)c4)cccc3C2=O)C(=O)N1. The van der Waals surface area contributed by atoms with Gasteiger partial charge in [-0.2, -0.15) is 0 Å². The average molecular weight is 876 g/mol. The zero-order valence-electron chi connectivity index (χ0n) is 36.4. The lowest BCUT2D eigenvalue weighted by Gasteiger charge is -2.31. The van der Waals surface area contributed by atoms with Crippen molar-refractivity contribution in [3.8, 4) is 17.2 Å². The number of carbonyl (C=O) groups is 3. The largest absolute Gasteiger partial charge is 0.493 e. The first-order chi connectivity index (χ1) is 30.3. The first-order valence-corrected chi connectivity index (χ1v) is 23.6. The molecule has 0 aliphatic carbocycles. The maximum absolute atomic E-state index is 14.0. The van der Waals surface area contributed by atoms with E-state index in [9.17, 15) is 27.6 Å². The van der Waals surface area contributed by atoms with Crippen LogP contribution in [0.25, 0.3) is 11.0 Å². The van der Waals surface area contributed by atoms with Gasteiger partial charge < -0.3 is 25.0 Å². The Labute approximate surface area is 369 Å². The number of rotatable bonds is 21. The Bertz CT molecular complexity index is 2700. The number of benzene rings is 4. The van der Waals surface area contributed by atoms with Gasteiger partial charge in [0.15, 0.2) is 15.6 Å². The van der Waals surface area contributed by atoms with Crippen LogP contribution in [0.5, 0.6) is 17.2 Å². The van der Waals surface area contributed by atoms with Crippen LogP contribution in [-0.2, 0) is 41.0 Å². The summed E-state index contributed by atoms with van der Waals surface area (Å²) in [7, 11) is -0.649. The highest BCUT2D eigenvalue weighted by Gasteiger charge is 2.39. The topological polar surface area (TPSA) is 158 Å². The molecule has 14 heteroatoms. The molecule has 332 valence electrons. The summed E-state index contributed by atoms with van der Waals surface area (Å²) in [6.45, 7) is 7.59. The van der Waals surface area contributed by atoms with Gasteiger partial charge in [0.05, 0.1) is 28.3 Å². The number of anilines is 1. The highest BCUT2D eigenvalue weighted by molar-refractivity contribution is 7.90. The number of allylic oxidation sites excluding steroid dienone is 1. The van der Waals surface area contributed by atoms with Crippen molar-refractivity contribution in [2.24, 2.45) is 14.1 Å². The zero-order valence-corrected chi connectivity index (χ0v) is 37.2. The van der Waals surface area contributed by atoms with Gasteiger partial charge in [0.25, 0.3) is 5.91 Å². The van der Waals surface area contributed by atoms with E-state index in [1.54, 1.807) is 61.5 Å². The van der Waals surface area contributed by atoms with Crippen molar-refractivity contribution in [2.45, 2.75) is 101 Å². The molecule has 0 spiro atoms. The van der Waals surface area contributed by atoms with E-state index in [2.05, 4.69) is 17.2 Å². The van der Waals surface area contributed by atoms with Gasteiger partial charge in [-0.3, -0.25) is 23.5 Å². The minimum Gasteiger partial charge on any atom is -0.493 e. The molecule has 2 aliphatic rings. The number of piperidine rings is 1. The predicted octanol–water partition coefficient (Wildman–Crippen LogP) is 8.60. The molecule has 2 aliphatic heterocycles. The second-order valence-corrected chi connectivity index (χ2v) is 18.5. The molecule has 0 bridgehead atoms. The van der Waals surface area contributed by atoms with Gasteiger partial charge >= 0.3 is 5.69 Å². The lowest BCUT2D eigenvalue weighted by atomic mass is 10.0.